The summed E-state index contributed by atoms with van der Waals surface area (Å²) in [6.07, 6.45) is 1.98. The second kappa shape index (κ2) is 4.87. The zero-order chi connectivity index (χ0) is 12.4. The van der Waals surface area contributed by atoms with Crippen molar-refractivity contribution in [3.05, 3.63) is 17.3 Å². The fourth-order valence-corrected chi connectivity index (χ4v) is 2.54. The summed E-state index contributed by atoms with van der Waals surface area (Å²) in [5.41, 5.74) is 0.999. The van der Waals surface area contributed by atoms with E-state index in [1.54, 1.807) is 0 Å². The lowest BCUT2D eigenvalue weighted by atomic mass is 9.88. The molecule has 1 fully saturated rings. The highest BCUT2D eigenvalue weighted by atomic mass is 16.4. The number of carboxylic acids is 1. The molecule has 2 N–H and O–H groups in total. The van der Waals surface area contributed by atoms with Gasteiger partial charge in [-0.1, -0.05) is 0 Å². The Kier molecular flexibility index (Phi) is 3.47. The van der Waals surface area contributed by atoms with E-state index < -0.39 is 5.97 Å². The number of carboxylic acid groups (broad SMARTS) is 1. The Bertz CT molecular complexity index is 414. The number of rotatable bonds is 3. The summed E-state index contributed by atoms with van der Waals surface area (Å²) in [6.45, 7) is 4.60. The molecule has 2 atom stereocenters. The van der Waals surface area contributed by atoms with Gasteiger partial charge in [0.25, 0.3) is 0 Å². The molecule has 0 spiro atoms. The minimum Gasteiger partial charge on any atom is -0.481 e. The molecule has 0 amide bonds. The monoisotopic (exact) mass is 238 g/mol. The number of aliphatic carboxylic acids is 1. The van der Waals surface area contributed by atoms with Crippen LogP contribution in [0.15, 0.2) is 4.42 Å². The second-order valence-corrected chi connectivity index (χ2v) is 4.64. The molecule has 2 unspecified atom stereocenters. The maximum Gasteiger partial charge on any atom is 0.304 e. The van der Waals surface area contributed by atoms with Gasteiger partial charge in [0, 0.05) is 18.9 Å². The third-order valence-corrected chi connectivity index (χ3v) is 3.24. The van der Waals surface area contributed by atoms with Crippen molar-refractivity contribution in [2.75, 3.05) is 6.54 Å². The Morgan fingerprint density at radius 1 is 1.59 bits per heavy atom. The SMILES string of the molecule is Cc1nc(C2CCNC(CC(=O)O)C2)c(C)o1. The van der Waals surface area contributed by atoms with Crippen molar-refractivity contribution < 1.29 is 14.3 Å². The Balaban J connectivity index is 2.06. The van der Waals surface area contributed by atoms with E-state index in [1.165, 1.54) is 0 Å². The van der Waals surface area contributed by atoms with Crippen molar-refractivity contribution in [2.45, 2.75) is 45.1 Å². The molecule has 2 heterocycles. The molecular weight excluding hydrogens is 220 g/mol. The minimum atomic E-state index is -0.754. The Morgan fingerprint density at radius 2 is 2.35 bits per heavy atom. The summed E-state index contributed by atoms with van der Waals surface area (Å²) in [6, 6.07) is 0.0441. The van der Waals surface area contributed by atoms with E-state index in [1.807, 2.05) is 13.8 Å². The van der Waals surface area contributed by atoms with Crippen molar-refractivity contribution >= 4 is 5.97 Å². The van der Waals surface area contributed by atoms with Crippen LogP contribution in [0.5, 0.6) is 0 Å². The Hall–Kier alpha value is -1.36. The zero-order valence-electron chi connectivity index (χ0n) is 10.2. The Labute approximate surface area is 100 Å². The third-order valence-electron chi connectivity index (χ3n) is 3.24. The average Bonchev–Trinajstić information content (AvgIpc) is 2.57. The average molecular weight is 238 g/mol. The van der Waals surface area contributed by atoms with Crippen LogP contribution < -0.4 is 5.32 Å². The normalized spacial score (nSPS) is 24.8. The minimum absolute atomic E-state index is 0.0441. The molecule has 0 aliphatic carbocycles. The predicted octanol–water partition coefficient (Wildman–Crippen LogP) is 1.60. The van der Waals surface area contributed by atoms with E-state index in [0.717, 1.165) is 30.8 Å². The number of carbonyl (C=O) groups is 1. The van der Waals surface area contributed by atoms with Crippen LogP contribution >= 0.6 is 0 Å². The van der Waals surface area contributed by atoms with Gasteiger partial charge in [-0.25, -0.2) is 4.98 Å². The standard InChI is InChI=1S/C12H18N2O3/c1-7-12(14-8(2)17-7)9-3-4-13-10(5-9)6-11(15)16/h9-10,13H,3-6H2,1-2H3,(H,15,16). The summed E-state index contributed by atoms with van der Waals surface area (Å²) in [7, 11) is 0. The maximum atomic E-state index is 10.7. The Morgan fingerprint density at radius 3 is 2.94 bits per heavy atom. The van der Waals surface area contributed by atoms with Gasteiger partial charge in [0.2, 0.25) is 0 Å². The van der Waals surface area contributed by atoms with Crippen LogP contribution in [0.2, 0.25) is 0 Å². The van der Waals surface area contributed by atoms with Gasteiger partial charge in [0.05, 0.1) is 12.1 Å². The number of hydrogen-bond acceptors (Lipinski definition) is 4. The quantitative estimate of drug-likeness (QED) is 0.836. The van der Waals surface area contributed by atoms with Crippen LogP contribution in [0.25, 0.3) is 0 Å². The molecule has 2 rings (SSSR count). The van der Waals surface area contributed by atoms with E-state index in [0.29, 0.717) is 11.8 Å². The summed E-state index contributed by atoms with van der Waals surface area (Å²) >= 11 is 0. The highest BCUT2D eigenvalue weighted by molar-refractivity contribution is 5.67. The fourth-order valence-electron chi connectivity index (χ4n) is 2.54. The first kappa shape index (κ1) is 12.1. The smallest absolute Gasteiger partial charge is 0.304 e. The van der Waals surface area contributed by atoms with Gasteiger partial charge in [-0.15, -0.1) is 0 Å². The number of nitrogens with one attached hydrogen (secondary N) is 1. The van der Waals surface area contributed by atoms with Crippen LogP contribution in [0, 0.1) is 13.8 Å². The van der Waals surface area contributed by atoms with Gasteiger partial charge in [0.1, 0.15) is 5.76 Å². The van der Waals surface area contributed by atoms with Crippen LogP contribution in [-0.2, 0) is 4.79 Å². The topological polar surface area (TPSA) is 75.4 Å². The lowest BCUT2D eigenvalue weighted by molar-refractivity contribution is -0.137. The highest BCUT2D eigenvalue weighted by Gasteiger charge is 2.27. The van der Waals surface area contributed by atoms with Gasteiger partial charge >= 0.3 is 5.97 Å². The first-order valence-electron chi connectivity index (χ1n) is 5.95. The third kappa shape index (κ3) is 2.85. The van der Waals surface area contributed by atoms with Gasteiger partial charge in [-0.2, -0.15) is 0 Å². The van der Waals surface area contributed by atoms with Crippen molar-refractivity contribution in [1.29, 1.82) is 0 Å². The van der Waals surface area contributed by atoms with Crippen LogP contribution in [0.1, 0.15) is 42.5 Å². The van der Waals surface area contributed by atoms with Crippen LogP contribution in [0.4, 0.5) is 0 Å². The summed E-state index contributed by atoms with van der Waals surface area (Å²) in [5.74, 6) is 1.11. The maximum absolute atomic E-state index is 10.7. The summed E-state index contributed by atoms with van der Waals surface area (Å²) in [5, 5.41) is 12.0. The van der Waals surface area contributed by atoms with E-state index in [9.17, 15) is 4.79 Å². The number of piperidine rings is 1. The summed E-state index contributed by atoms with van der Waals surface area (Å²) < 4.78 is 5.44. The molecule has 0 bridgehead atoms. The molecule has 17 heavy (non-hydrogen) atoms. The first-order valence-corrected chi connectivity index (χ1v) is 5.95. The van der Waals surface area contributed by atoms with Crippen LogP contribution in [0.3, 0.4) is 0 Å². The largest absolute Gasteiger partial charge is 0.481 e. The second-order valence-electron chi connectivity index (χ2n) is 4.64. The summed E-state index contributed by atoms with van der Waals surface area (Å²) in [4.78, 5) is 15.1. The molecule has 1 aliphatic rings. The van der Waals surface area contributed by atoms with Crippen LogP contribution in [-0.4, -0.2) is 28.6 Å². The van der Waals surface area contributed by atoms with E-state index in [-0.39, 0.29) is 12.5 Å². The number of nitrogens with zero attached hydrogens (tertiary/aromatic N) is 1. The fraction of sp³-hybridized carbons (Fsp3) is 0.667. The molecule has 0 aromatic carbocycles. The van der Waals surface area contributed by atoms with Gasteiger partial charge in [0.15, 0.2) is 5.89 Å². The molecule has 0 radical (unpaired) electrons. The van der Waals surface area contributed by atoms with Crippen molar-refractivity contribution in [3.8, 4) is 0 Å². The van der Waals surface area contributed by atoms with Crippen molar-refractivity contribution in [2.24, 2.45) is 0 Å². The molecular formula is C12H18N2O3. The molecule has 1 aromatic rings. The first-order chi connectivity index (χ1) is 8.06. The van der Waals surface area contributed by atoms with Crippen molar-refractivity contribution in [1.82, 2.24) is 10.3 Å². The molecule has 94 valence electrons. The van der Waals surface area contributed by atoms with Crippen molar-refractivity contribution in [3.63, 3.8) is 0 Å². The molecule has 5 nitrogen and oxygen atoms in total. The molecule has 1 saturated heterocycles. The van der Waals surface area contributed by atoms with E-state index in [4.69, 9.17) is 9.52 Å². The molecule has 0 saturated carbocycles. The number of hydrogen-bond donors (Lipinski definition) is 2. The molecule has 1 aromatic heterocycles. The molecule has 1 aliphatic heterocycles. The number of aryl methyl sites for hydroxylation is 2. The van der Waals surface area contributed by atoms with Gasteiger partial charge in [-0.05, 0) is 26.3 Å². The van der Waals surface area contributed by atoms with Gasteiger partial charge in [-0.3, -0.25) is 4.79 Å². The number of aromatic nitrogens is 1. The van der Waals surface area contributed by atoms with Gasteiger partial charge < -0.3 is 14.8 Å². The zero-order valence-corrected chi connectivity index (χ0v) is 10.2. The lowest BCUT2D eigenvalue weighted by Crippen LogP contribution is -2.38. The highest BCUT2D eigenvalue weighted by Crippen LogP contribution is 2.30. The number of oxazole rings is 1. The van der Waals surface area contributed by atoms with E-state index >= 15 is 0 Å². The van der Waals surface area contributed by atoms with E-state index in [2.05, 4.69) is 10.3 Å². The molecule has 5 heteroatoms. The lowest BCUT2D eigenvalue weighted by Gasteiger charge is -2.28. The predicted molar refractivity (Wildman–Crippen MR) is 62.0 cm³/mol.